The molecule has 2 rings (SSSR count). The molecule has 0 aromatic heterocycles. The summed E-state index contributed by atoms with van der Waals surface area (Å²) in [6, 6.07) is 1.88. The lowest BCUT2D eigenvalue weighted by Crippen LogP contribution is -2.57. The summed E-state index contributed by atoms with van der Waals surface area (Å²) in [6.07, 6.45) is 0.0912. The maximum Gasteiger partial charge on any atom is 0.265 e. The average molecular weight is 230 g/mol. The van der Waals surface area contributed by atoms with Gasteiger partial charge in [0.15, 0.2) is 5.41 Å². The van der Waals surface area contributed by atoms with Crippen LogP contribution in [0, 0.1) is 16.7 Å². The Morgan fingerprint density at radius 3 is 2.56 bits per heavy atom. The highest BCUT2D eigenvalue weighted by molar-refractivity contribution is 5.86. The Morgan fingerprint density at radius 2 is 2.12 bits per heavy atom. The molecular weight excluding hydrogens is 218 g/mol. The van der Waals surface area contributed by atoms with Gasteiger partial charge in [-0.2, -0.15) is 5.26 Å². The quantitative estimate of drug-likeness (QED) is 0.669. The van der Waals surface area contributed by atoms with E-state index in [0.717, 1.165) is 4.90 Å². The molecule has 0 atom stereocenters. The molecule has 2 aliphatic rings. The first-order valence-electron chi connectivity index (χ1n) is 5.15. The largest absolute Gasteiger partial charge is 0.377 e. The maximum atomic E-state index is 13.1. The van der Waals surface area contributed by atoms with E-state index in [2.05, 4.69) is 0 Å². The molecule has 1 amide bonds. The topological polar surface area (TPSA) is 53.3 Å². The molecule has 4 nitrogen and oxygen atoms in total. The number of ether oxygens (including phenoxy) is 1. The Hall–Kier alpha value is -1.22. The van der Waals surface area contributed by atoms with Gasteiger partial charge < -0.3 is 9.64 Å². The number of nitriles is 1. The number of halogens is 2. The summed E-state index contributed by atoms with van der Waals surface area (Å²) >= 11 is 0. The van der Waals surface area contributed by atoms with Gasteiger partial charge in [-0.3, -0.25) is 4.79 Å². The van der Waals surface area contributed by atoms with E-state index in [0.29, 0.717) is 6.54 Å². The predicted octanol–water partition coefficient (Wildman–Crippen LogP) is 0.784. The maximum absolute atomic E-state index is 13.1. The third-order valence-corrected chi connectivity index (χ3v) is 3.00. The third-order valence-electron chi connectivity index (χ3n) is 3.00. The normalized spacial score (nSPS) is 26.7. The van der Waals surface area contributed by atoms with Crippen LogP contribution in [0.4, 0.5) is 8.78 Å². The van der Waals surface area contributed by atoms with Gasteiger partial charge in [0, 0.05) is 13.0 Å². The molecule has 0 aromatic carbocycles. The smallest absolute Gasteiger partial charge is 0.265 e. The molecule has 0 spiro atoms. The lowest BCUT2D eigenvalue weighted by molar-refractivity contribution is -0.169. The minimum Gasteiger partial charge on any atom is -0.377 e. The highest BCUT2D eigenvalue weighted by atomic mass is 19.3. The Bertz CT molecular complexity index is 347. The first kappa shape index (κ1) is 11.3. The molecule has 2 fully saturated rings. The van der Waals surface area contributed by atoms with Gasteiger partial charge in [-0.1, -0.05) is 0 Å². The number of nitrogens with zero attached hydrogens (tertiary/aromatic N) is 2. The molecule has 0 saturated carbocycles. The first-order chi connectivity index (χ1) is 7.49. The summed E-state index contributed by atoms with van der Waals surface area (Å²) in [7, 11) is 0. The van der Waals surface area contributed by atoms with E-state index in [4.69, 9.17) is 10.00 Å². The van der Waals surface area contributed by atoms with Crippen molar-refractivity contribution in [2.24, 2.45) is 5.41 Å². The number of hydrogen-bond acceptors (Lipinski definition) is 3. The fourth-order valence-electron chi connectivity index (χ4n) is 1.98. The van der Waals surface area contributed by atoms with E-state index >= 15 is 0 Å². The second-order valence-electron chi connectivity index (χ2n) is 4.37. The second-order valence-corrected chi connectivity index (χ2v) is 4.37. The molecule has 0 aromatic rings. The van der Waals surface area contributed by atoms with Gasteiger partial charge >= 0.3 is 0 Å². The lowest BCUT2D eigenvalue weighted by atomic mass is 9.85. The van der Waals surface area contributed by atoms with E-state index in [1.807, 2.05) is 6.07 Å². The zero-order chi connectivity index (χ0) is 11.8. The second kappa shape index (κ2) is 3.67. The van der Waals surface area contributed by atoms with Gasteiger partial charge in [0.2, 0.25) is 5.91 Å². The molecule has 88 valence electrons. The van der Waals surface area contributed by atoms with Crippen molar-refractivity contribution in [2.45, 2.75) is 18.8 Å². The van der Waals surface area contributed by atoms with Crippen LogP contribution in [0.1, 0.15) is 12.8 Å². The fraction of sp³-hybridized carbons (Fsp3) is 0.800. The molecule has 6 heteroatoms. The SMILES string of the molecule is N#CC1(C(=O)N2CCCC(F)(F)C2)COC1. The molecule has 0 bridgehead atoms. The standard InChI is InChI=1S/C10H12F2N2O2/c11-10(12)2-1-3-14(5-10)8(15)9(4-13)6-16-7-9/h1-3,5-7H2. The monoisotopic (exact) mass is 230 g/mol. The van der Waals surface area contributed by atoms with Gasteiger partial charge in [-0.15, -0.1) is 0 Å². The summed E-state index contributed by atoms with van der Waals surface area (Å²) in [5.41, 5.74) is -1.21. The molecular formula is C10H12F2N2O2. The van der Waals surface area contributed by atoms with Gasteiger partial charge in [0.25, 0.3) is 5.92 Å². The number of alkyl halides is 2. The minimum absolute atomic E-state index is 0.0183. The van der Waals surface area contributed by atoms with Crippen molar-refractivity contribution >= 4 is 5.91 Å². The van der Waals surface area contributed by atoms with Crippen molar-refractivity contribution < 1.29 is 18.3 Å². The minimum atomic E-state index is -2.82. The summed E-state index contributed by atoms with van der Waals surface area (Å²) < 4.78 is 31.1. The van der Waals surface area contributed by atoms with Crippen LogP contribution in [0.3, 0.4) is 0 Å². The van der Waals surface area contributed by atoms with Crippen LogP contribution in [-0.2, 0) is 9.53 Å². The Labute approximate surface area is 91.8 Å². The van der Waals surface area contributed by atoms with Crippen molar-refractivity contribution in [1.82, 2.24) is 4.90 Å². The van der Waals surface area contributed by atoms with Crippen molar-refractivity contribution in [3.8, 4) is 6.07 Å². The van der Waals surface area contributed by atoms with Crippen LogP contribution in [0.25, 0.3) is 0 Å². The zero-order valence-corrected chi connectivity index (χ0v) is 8.71. The number of amides is 1. The van der Waals surface area contributed by atoms with Crippen molar-refractivity contribution in [3.63, 3.8) is 0 Å². The highest BCUT2D eigenvalue weighted by Gasteiger charge is 2.51. The summed E-state index contributed by atoms with van der Waals surface area (Å²) in [5, 5.41) is 8.90. The number of likely N-dealkylation sites (tertiary alicyclic amines) is 1. The van der Waals surface area contributed by atoms with Crippen LogP contribution in [0.5, 0.6) is 0 Å². The van der Waals surface area contributed by atoms with Crippen LogP contribution in [-0.4, -0.2) is 43.0 Å². The molecule has 0 N–H and O–H groups in total. The van der Waals surface area contributed by atoms with Crippen molar-refractivity contribution in [3.05, 3.63) is 0 Å². The molecule has 0 unspecified atom stereocenters. The van der Waals surface area contributed by atoms with Crippen LogP contribution in [0.15, 0.2) is 0 Å². The Balaban J connectivity index is 2.08. The summed E-state index contributed by atoms with van der Waals surface area (Å²) in [5.74, 6) is -3.34. The van der Waals surface area contributed by atoms with Gasteiger partial charge in [0.05, 0.1) is 25.8 Å². The van der Waals surface area contributed by atoms with Crippen LogP contribution in [0.2, 0.25) is 0 Å². The molecule has 2 aliphatic heterocycles. The molecule has 0 aliphatic carbocycles. The number of hydrogen-bond donors (Lipinski definition) is 0. The third kappa shape index (κ3) is 1.76. The first-order valence-corrected chi connectivity index (χ1v) is 5.15. The van der Waals surface area contributed by atoms with Crippen molar-refractivity contribution in [1.29, 1.82) is 5.26 Å². The lowest BCUT2D eigenvalue weighted by Gasteiger charge is -2.40. The molecule has 2 heterocycles. The Kier molecular flexibility index (Phi) is 2.58. The number of carbonyl (C=O) groups is 1. The number of carbonyl (C=O) groups excluding carboxylic acids is 1. The zero-order valence-electron chi connectivity index (χ0n) is 8.71. The van der Waals surface area contributed by atoms with E-state index in [-0.39, 0.29) is 26.1 Å². The highest BCUT2D eigenvalue weighted by Crippen LogP contribution is 2.33. The molecule has 0 radical (unpaired) electrons. The van der Waals surface area contributed by atoms with Gasteiger partial charge in [-0.25, -0.2) is 8.78 Å². The van der Waals surface area contributed by atoms with E-state index in [1.54, 1.807) is 0 Å². The van der Waals surface area contributed by atoms with E-state index in [1.165, 1.54) is 0 Å². The molecule has 2 saturated heterocycles. The fourth-order valence-corrected chi connectivity index (χ4v) is 1.98. The average Bonchev–Trinajstić information content (AvgIpc) is 2.15. The van der Waals surface area contributed by atoms with Crippen molar-refractivity contribution in [2.75, 3.05) is 26.3 Å². The van der Waals surface area contributed by atoms with Gasteiger partial charge in [-0.05, 0) is 6.42 Å². The molecule has 16 heavy (non-hydrogen) atoms. The summed E-state index contributed by atoms with van der Waals surface area (Å²) in [6.45, 7) is -0.234. The summed E-state index contributed by atoms with van der Waals surface area (Å²) in [4.78, 5) is 13.0. The predicted molar refractivity (Wildman–Crippen MR) is 49.6 cm³/mol. The number of piperidine rings is 1. The van der Waals surface area contributed by atoms with E-state index < -0.39 is 23.8 Å². The van der Waals surface area contributed by atoms with Gasteiger partial charge in [0.1, 0.15) is 0 Å². The Morgan fingerprint density at radius 1 is 1.44 bits per heavy atom. The number of rotatable bonds is 1. The van der Waals surface area contributed by atoms with E-state index in [9.17, 15) is 13.6 Å². The van der Waals surface area contributed by atoms with Crippen LogP contribution >= 0.6 is 0 Å². The van der Waals surface area contributed by atoms with Crippen LogP contribution < -0.4 is 0 Å².